The van der Waals surface area contributed by atoms with Gasteiger partial charge in [-0.2, -0.15) is 11.8 Å². The average molecular weight is 219 g/mol. The van der Waals surface area contributed by atoms with Crippen molar-refractivity contribution in [2.24, 2.45) is 0 Å². The van der Waals surface area contributed by atoms with E-state index in [1.807, 2.05) is 0 Å². The molecular formula is C13H17NS. The van der Waals surface area contributed by atoms with Crippen LogP contribution in [-0.2, 0) is 12.2 Å². The summed E-state index contributed by atoms with van der Waals surface area (Å²) in [5.74, 6) is 2.52. The van der Waals surface area contributed by atoms with E-state index in [-0.39, 0.29) is 0 Å². The number of hydrogen-bond donors (Lipinski definition) is 0. The first-order chi connectivity index (χ1) is 7.43. The van der Waals surface area contributed by atoms with Crippen LogP contribution in [0, 0.1) is 0 Å². The summed E-state index contributed by atoms with van der Waals surface area (Å²) < 4.78 is 0. The molecule has 1 nitrogen and oxygen atoms in total. The minimum Gasteiger partial charge on any atom is -0.372 e. The maximum Gasteiger partial charge on any atom is 0.0369 e. The van der Waals surface area contributed by atoms with Crippen molar-refractivity contribution >= 4 is 17.4 Å². The summed E-state index contributed by atoms with van der Waals surface area (Å²) in [5.41, 5.74) is 4.62. The Morgan fingerprint density at radius 2 is 1.93 bits per heavy atom. The fourth-order valence-corrected chi connectivity index (χ4v) is 3.53. The molecule has 0 unspecified atom stereocenters. The van der Waals surface area contributed by atoms with Crippen molar-refractivity contribution in [1.29, 1.82) is 0 Å². The zero-order valence-electron chi connectivity index (χ0n) is 9.04. The largest absolute Gasteiger partial charge is 0.372 e. The highest BCUT2D eigenvalue weighted by Gasteiger charge is 2.15. The molecule has 0 bridgehead atoms. The van der Waals surface area contributed by atoms with Crippen LogP contribution in [-0.4, -0.2) is 18.8 Å². The molecular weight excluding hydrogens is 202 g/mol. The molecule has 0 saturated carbocycles. The Morgan fingerprint density at radius 1 is 1.07 bits per heavy atom. The number of hydrogen-bond acceptors (Lipinski definition) is 2. The fourth-order valence-electron chi connectivity index (χ4n) is 2.52. The molecule has 1 aromatic carbocycles. The first-order valence-electron chi connectivity index (χ1n) is 5.88. The Morgan fingerprint density at radius 3 is 2.80 bits per heavy atom. The van der Waals surface area contributed by atoms with E-state index in [0.717, 1.165) is 0 Å². The van der Waals surface area contributed by atoms with Crippen molar-refractivity contribution in [3.05, 3.63) is 29.3 Å². The second-order valence-electron chi connectivity index (χ2n) is 4.45. The predicted octanol–water partition coefficient (Wildman–Crippen LogP) is 3.08. The van der Waals surface area contributed by atoms with Gasteiger partial charge in [-0.05, 0) is 48.3 Å². The Hall–Kier alpha value is -0.630. The average Bonchev–Trinajstić information content (AvgIpc) is 2.82. The Kier molecular flexibility index (Phi) is 2.61. The van der Waals surface area contributed by atoms with Crippen molar-refractivity contribution in [2.45, 2.75) is 25.0 Å². The van der Waals surface area contributed by atoms with Gasteiger partial charge < -0.3 is 4.90 Å². The summed E-state index contributed by atoms with van der Waals surface area (Å²) in [7, 11) is 0. The standard InChI is InChI=1S/C13H17NS/c1-2-7-14(6-1)13-4-3-12-10-15-8-5-11(12)9-13/h3-4,9H,1-2,5-8,10H2. The normalized spacial score (nSPS) is 20.4. The number of anilines is 1. The molecule has 0 aliphatic carbocycles. The highest BCUT2D eigenvalue weighted by molar-refractivity contribution is 7.98. The molecule has 2 aliphatic rings. The molecule has 0 atom stereocenters. The smallest absolute Gasteiger partial charge is 0.0369 e. The molecule has 0 amide bonds. The van der Waals surface area contributed by atoms with E-state index in [4.69, 9.17) is 0 Å². The van der Waals surface area contributed by atoms with E-state index in [9.17, 15) is 0 Å². The molecule has 1 saturated heterocycles. The quantitative estimate of drug-likeness (QED) is 0.714. The SMILES string of the molecule is c1cc2c(cc1N1CCCC1)CCSC2. The number of nitrogens with zero attached hydrogens (tertiary/aromatic N) is 1. The molecule has 2 heterocycles. The number of benzene rings is 1. The maximum atomic E-state index is 2.53. The third kappa shape index (κ3) is 1.87. The summed E-state index contributed by atoms with van der Waals surface area (Å²) in [5, 5.41) is 0. The number of thioether (sulfide) groups is 1. The van der Waals surface area contributed by atoms with Gasteiger partial charge in [0.15, 0.2) is 0 Å². The molecule has 3 rings (SSSR count). The van der Waals surface area contributed by atoms with Crippen molar-refractivity contribution in [2.75, 3.05) is 23.7 Å². The van der Waals surface area contributed by atoms with E-state index in [1.165, 1.54) is 49.5 Å². The molecule has 0 N–H and O–H groups in total. The van der Waals surface area contributed by atoms with E-state index in [0.29, 0.717) is 0 Å². The van der Waals surface area contributed by atoms with E-state index in [2.05, 4.69) is 34.9 Å². The fraction of sp³-hybridized carbons (Fsp3) is 0.538. The zero-order valence-corrected chi connectivity index (χ0v) is 9.85. The van der Waals surface area contributed by atoms with Gasteiger partial charge in [0.2, 0.25) is 0 Å². The molecule has 15 heavy (non-hydrogen) atoms. The number of fused-ring (bicyclic) bond motifs is 1. The lowest BCUT2D eigenvalue weighted by molar-refractivity contribution is 0.949. The monoisotopic (exact) mass is 219 g/mol. The van der Waals surface area contributed by atoms with E-state index < -0.39 is 0 Å². The van der Waals surface area contributed by atoms with Crippen LogP contribution in [0.2, 0.25) is 0 Å². The summed E-state index contributed by atoms with van der Waals surface area (Å²) in [6, 6.07) is 7.09. The van der Waals surface area contributed by atoms with Gasteiger partial charge in [-0.15, -0.1) is 0 Å². The van der Waals surface area contributed by atoms with Gasteiger partial charge in [-0.25, -0.2) is 0 Å². The van der Waals surface area contributed by atoms with Crippen LogP contribution < -0.4 is 4.90 Å². The van der Waals surface area contributed by atoms with Crippen LogP contribution in [0.3, 0.4) is 0 Å². The second kappa shape index (κ2) is 4.09. The lowest BCUT2D eigenvalue weighted by atomic mass is 10.0. The Bertz CT molecular complexity index is 356. The summed E-state index contributed by atoms with van der Waals surface area (Å²) in [6.45, 7) is 2.51. The van der Waals surface area contributed by atoms with E-state index in [1.54, 1.807) is 11.1 Å². The van der Waals surface area contributed by atoms with Gasteiger partial charge in [-0.3, -0.25) is 0 Å². The lowest BCUT2D eigenvalue weighted by Gasteiger charge is -2.22. The van der Waals surface area contributed by atoms with Crippen LogP contribution in [0.25, 0.3) is 0 Å². The molecule has 0 aromatic heterocycles. The predicted molar refractivity (Wildman–Crippen MR) is 67.8 cm³/mol. The number of rotatable bonds is 1. The first kappa shape index (κ1) is 9.59. The van der Waals surface area contributed by atoms with Gasteiger partial charge in [0.1, 0.15) is 0 Å². The van der Waals surface area contributed by atoms with Gasteiger partial charge >= 0.3 is 0 Å². The molecule has 0 spiro atoms. The number of aryl methyl sites for hydroxylation is 1. The third-order valence-corrected chi connectivity index (χ3v) is 4.44. The van der Waals surface area contributed by atoms with E-state index >= 15 is 0 Å². The highest BCUT2D eigenvalue weighted by Crippen LogP contribution is 2.29. The molecule has 2 heteroatoms. The summed E-state index contributed by atoms with van der Waals surface area (Å²) in [4.78, 5) is 2.53. The van der Waals surface area contributed by atoms with Crippen molar-refractivity contribution in [1.82, 2.24) is 0 Å². The van der Waals surface area contributed by atoms with Gasteiger partial charge in [0, 0.05) is 24.5 Å². The van der Waals surface area contributed by atoms with Gasteiger partial charge in [0.25, 0.3) is 0 Å². The maximum absolute atomic E-state index is 2.53. The van der Waals surface area contributed by atoms with Gasteiger partial charge in [0.05, 0.1) is 0 Å². The topological polar surface area (TPSA) is 3.24 Å². The van der Waals surface area contributed by atoms with Crippen molar-refractivity contribution in [3.63, 3.8) is 0 Å². The Labute approximate surface area is 95.9 Å². The molecule has 2 aliphatic heterocycles. The minimum absolute atomic E-state index is 1.22. The van der Waals surface area contributed by atoms with Crippen LogP contribution in [0.15, 0.2) is 18.2 Å². The van der Waals surface area contributed by atoms with Gasteiger partial charge in [-0.1, -0.05) is 6.07 Å². The highest BCUT2D eigenvalue weighted by atomic mass is 32.2. The molecule has 80 valence electrons. The molecule has 1 fully saturated rings. The minimum atomic E-state index is 1.22. The molecule has 0 radical (unpaired) electrons. The zero-order chi connectivity index (χ0) is 10.1. The van der Waals surface area contributed by atoms with Crippen molar-refractivity contribution in [3.8, 4) is 0 Å². The van der Waals surface area contributed by atoms with Crippen LogP contribution in [0.5, 0.6) is 0 Å². The lowest BCUT2D eigenvalue weighted by Crippen LogP contribution is -2.18. The van der Waals surface area contributed by atoms with Crippen LogP contribution in [0.1, 0.15) is 24.0 Å². The third-order valence-electron chi connectivity index (χ3n) is 3.43. The van der Waals surface area contributed by atoms with Crippen LogP contribution in [0.4, 0.5) is 5.69 Å². The second-order valence-corrected chi connectivity index (χ2v) is 5.55. The van der Waals surface area contributed by atoms with Crippen molar-refractivity contribution < 1.29 is 0 Å². The van der Waals surface area contributed by atoms with Crippen LogP contribution >= 0.6 is 11.8 Å². The Balaban J connectivity index is 1.89. The summed E-state index contributed by atoms with van der Waals surface area (Å²) >= 11 is 2.06. The summed E-state index contributed by atoms with van der Waals surface area (Å²) in [6.07, 6.45) is 4.00. The first-order valence-corrected chi connectivity index (χ1v) is 7.03. The molecule has 1 aromatic rings.